The molecule has 0 saturated carbocycles. The molecule has 100 valence electrons. The lowest BCUT2D eigenvalue weighted by molar-refractivity contribution is -0.119. The minimum absolute atomic E-state index is 0.0233. The lowest BCUT2D eigenvalue weighted by atomic mass is 10.2. The summed E-state index contributed by atoms with van der Waals surface area (Å²) in [4.78, 5) is 13.5. The average Bonchev–Trinajstić information content (AvgIpc) is 2.37. The topological polar surface area (TPSA) is 67.6 Å². The fourth-order valence-corrected chi connectivity index (χ4v) is 1.73. The number of rotatable bonds is 6. The van der Waals surface area contributed by atoms with Crippen molar-refractivity contribution in [3.63, 3.8) is 0 Å². The summed E-state index contributed by atoms with van der Waals surface area (Å²) >= 11 is 0. The molecule has 1 aromatic carbocycles. The van der Waals surface area contributed by atoms with E-state index in [9.17, 15) is 4.79 Å². The van der Waals surface area contributed by atoms with Crippen molar-refractivity contribution in [1.29, 1.82) is 0 Å². The highest BCUT2D eigenvalue weighted by molar-refractivity contribution is 5.81. The van der Waals surface area contributed by atoms with E-state index in [1.807, 2.05) is 17.0 Å². The Bertz CT molecular complexity index is 407. The van der Waals surface area contributed by atoms with Crippen LogP contribution in [0.15, 0.2) is 18.2 Å². The summed E-state index contributed by atoms with van der Waals surface area (Å²) < 4.78 is 5.19. The first-order valence-electron chi connectivity index (χ1n) is 6.00. The zero-order chi connectivity index (χ0) is 13.5. The van der Waals surface area contributed by atoms with Gasteiger partial charge in [-0.3, -0.25) is 4.79 Å². The molecule has 0 aromatic heterocycles. The van der Waals surface area contributed by atoms with E-state index in [1.54, 1.807) is 20.2 Å². The second-order valence-electron chi connectivity index (χ2n) is 4.06. The van der Waals surface area contributed by atoms with Gasteiger partial charge in [-0.05, 0) is 12.5 Å². The molecule has 0 heterocycles. The summed E-state index contributed by atoms with van der Waals surface area (Å²) in [5.74, 6) is 0.674. The molecule has 0 unspecified atom stereocenters. The van der Waals surface area contributed by atoms with E-state index < -0.39 is 0 Å². The van der Waals surface area contributed by atoms with Crippen LogP contribution in [-0.4, -0.2) is 33.2 Å². The molecule has 0 fully saturated rings. The maximum atomic E-state index is 11.5. The molecule has 0 atom stereocenters. The molecule has 5 nitrogen and oxygen atoms in total. The number of methoxy groups -OCH3 is 1. The van der Waals surface area contributed by atoms with Crippen LogP contribution in [0.3, 0.4) is 0 Å². The van der Waals surface area contributed by atoms with Crippen LogP contribution in [-0.2, 0) is 4.79 Å². The number of anilines is 2. The van der Waals surface area contributed by atoms with Gasteiger partial charge in [-0.15, -0.1) is 0 Å². The third kappa shape index (κ3) is 3.84. The molecule has 0 radical (unpaired) electrons. The van der Waals surface area contributed by atoms with E-state index in [0.29, 0.717) is 18.0 Å². The predicted molar refractivity (Wildman–Crippen MR) is 74.0 cm³/mol. The second-order valence-corrected chi connectivity index (χ2v) is 4.06. The van der Waals surface area contributed by atoms with Gasteiger partial charge in [0, 0.05) is 37.1 Å². The molecule has 5 heteroatoms. The molecular weight excluding hydrogens is 230 g/mol. The Labute approximate surface area is 108 Å². The number of carbonyl (C=O) groups excluding carboxylic acids is 1. The van der Waals surface area contributed by atoms with Crippen LogP contribution >= 0.6 is 0 Å². The van der Waals surface area contributed by atoms with Crippen molar-refractivity contribution in [1.82, 2.24) is 5.32 Å². The molecular formula is C13H21N3O2. The Kier molecular flexibility index (Phi) is 5.30. The molecule has 0 aliphatic carbocycles. The summed E-state index contributed by atoms with van der Waals surface area (Å²) in [6.07, 6.45) is 0.952. The molecule has 0 bridgehead atoms. The minimum atomic E-state index is -0.0233. The third-order valence-corrected chi connectivity index (χ3v) is 2.62. The van der Waals surface area contributed by atoms with Crippen LogP contribution in [0.4, 0.5) is 11.4 Å². The number of benzene rings is 1. The largest absolute Gasteiger partial charge is 0.497 e. The SMILES string of the molecule is CCCN(CC(=O)NC)c1cc(N)cc(OC)c1. The molecule has 0 aliphatic heterocycles. The maximum Gasteiger partial charge on any atom is 0.239 e. The number of ether oxygens (including phenoxy) is 1. The first kappa shape index (κ1) is 14.2. The summed E-state index contributed by atoms with van der Waals surface area (Å²) in [5, 5.41) is 2.62. The van der Waals surface area contributed by atoms with E-state index in [2.05, 4.69) is 12.2 Å². The number of nitrogens with zero attached hydrogens (tertiary/aromatic N) is 1. The van der Waals surface area contributed by atoms with Crippen molar-refractivity contribution in [2.45, 2.75) is 13.3 Å². The van der Waals surface area contributed by atoms with E-state index in [0.717, 1.165) is 18.7 Å². The van der Waals surface area contributed by atoms with Crippen LogP contribution in [0.1, 0.15) is 13.3 Å². The van der Waals surface area contributed by atoms with Gasteiger partial charge in [0.1, 0.15) is 5.75 Å². The van der Waals surface area contributed by atoms with Crippen molar-refractivity contribution in [2.24, 2.45) is 0 Å². The maximum absolute atomic E-state index is 11.5. The molecule has 18 heavy (non-hydrogen) atoms. The Hall–Kier alpha value is -1.91. The smallest absolute Gasteiger partial charge is 0.239 e. The minimum Gasteiger partial charge on any atom is -0.497 e. The second kappa shape index (κ2) is 6.74. The Balaban J connectivity index is 2.96. The molecule has 1 aromatic rings. The van der Waals surface area contributed by atoms with Crippen molar-refractivity contribution < 1.29 is 9.53 Å². The van der Waals surface area contributed by atoms with Crippen LogP contribution in [0.2, 0.25) is 0 Å². The van der Waals surface area contributed by atoms with Gasteiger partial charge in [0.2, 0.25) is 5.91 Å². The van der Waals surface area contributed by atoms with Gasteiger partial charge in [-0.25, -0.2) is 0 Å². The highest BCUT2D eigenvalue weighted by atomic mass is 16.5. The average molecular weight is 251 g/mol. The van der Waals surface area contributed by atoms with Crippen LogP contribution < -0.4 is 20.7 Å². The Morgan fingerprint density at radius 1 is 1.44 bits per heavy atom. The number of hydrogen-bond donors (Lipinski definition) is 2. The Morgan fingerprint density at radius 2 is 2.17 bits per heavy atom. The predicted octanol–water partition coefficient (Wildman–Crippen LogP) is 1.24. The van der Waals surface area contributed by atoms with E-state index in [1.165, 1.54) is 0 Å². The first-order valence-corrected chi connectivity index (χ1v) is 6.00. The monoisotopic (exact) mass is 251 g/mol. The third-order valence-electron chi connectivity index (χ3n) is 2.62. The van der Waals surface area contributed by atoms with Gasteiger partial charge < -0.3 is 20.7 Å². The molecule has 3 N–H and O–H groups in total. The first-order chi connectivity index (χ1) is 8.60. The number of nitrogens with two attached hydrogens (primary N) is 1. The number of hydrogen-bond acceptors (Lipinski definition) is 4. The lowest BCUT2D eigenvalue weighted by Gasteiger charge is -2.24. The fraction of sp³-hybridized carbons (Fsp3) is 0.462. The van der Waals surface area contributed by atoms with E-state index in [-0.39, 0.29) is 5.91 Å². The van der Waals surface area contributed by atoms with Gasteiger partial charge in [0.25, 0.3) is 0 Å². The number of amides is 1. The number of likely N-dealkylation sites (N-methyl/N-ethyl adjacent to an activating group) is 1. The molecule has 0 saturated heterocycles. The van der Waals surface area contributed by atoms with Crippen LogP contribution in [0.5, 0.6) is 5.75 Å². The molecule has 1 amide bonds. The standard InChI is InChI=1S/C13H21N3O2/c1-4-5-16(9-13(17)15-2)11-6-10(14)7-12(8-11)18-3/h6-8H,4-5,9,14H2,1-3H3,(H,15,17). The number of nitrogens with one attached hydrogen (secondary N) is 1. The van der Waals surface area contributed by atoms with Crippen molar-refractivity contribution in [2.75, 3.05) is 37.9 Å². The molecule has 0 spiro atoms. The Morgan fingerprint density at radius 3 is 2.72 bits per heavy atom. The summed E-state index contributed by atoms with van der Waals surface area (Å²) in [6.45, 7) is 3.18. The summed E-state index contributed by atoms with van der Waals surface area (Å²) in [5.41, 5.74) is 7.35. The highest BCUT2D eigenvalue weighted by Gasteiger charge is 2.11. The zero-order valence-electron chi connectivity index (χ0n) is 11.2. The fourth-order valence-electron chi connectivity index (χ4n) is 1.73. The van der Waals surface area contributed by atoms with Crippen LogP contribution in [0, 0.1) is 0 Å². The number of nitrogen functional groups attached to an aromatic ring is 1. The normalized spacial score (nSPS) is 9.94. The molecule has 1 rings (SSSR count). The van der Waals surface area contributed by atoms with E-state index in [4.69, 9.17) is 10.5 Å². The molecule has 0 aliphatic rings. The van der Waals surface area contributed by atoms with Gasteiger partial charge in [0.05, 0.1) is 13.7 Å². The lowest BCUT2D eigenvalue weighted by Crippen LogP contribution is -2.36. The van der Waals surface area contributed by atoms with Gasteiger partial charge in [-0.1, -0.05) is 6.92 Å². The van der Waals surface area contributed by atoms with Crippen molar-refractivity contribution in [3.05, 3.63) is 18.2 Å². The van der Waals surface area contributed by atoms with Gasteiger partial charge >= 0.3 is 0 Å². The van der Waals surface area contributed by atoms with Crippen molar-refractivity contribution in [3.8, 4) is 5.75 Å². The summed E-state index contributed by atoms with van der Waals surface area (Å²) in [6, 6.07) is 5.49. The van der Waals surface area contributed by atoms with Gasteiger partial charge in [-0.2, -0.15) is 0 Å². The van der Waals surface area contributed by atoms with Crippen LogP contribution in [0.25, 0.3) is 0 Å². The summed E-state index contributed by atoms with van der Waals surface area (Å²) in [7, 11) is 3.23. The quantitative estimate of drug-likeness (QED) is 0.746. The highest BCUT2D eigenvalue weighted by Crippen LogP contribution is 2.25. The number of carbonyl (C=O) groups is 1. The van der Waals surface area contributed by atoms with Crippen molar-refractivity contribution >= 4 is 17.3 Å². The van der Waals surface area contributed by atoms with Gasteiger partial charge in [0.15, 0.2) is 0 Å². The van der Waals surface area contributed by atoms with E-state index >= 15 is 0 Å². The zero-order valence-corrected chi connectivity index (χ0v) is 11.2.